The van der Waals surface area contributed by atoms with Crippen molar-refractivity contribution in [3.8, 4) is 17.0 Å². The first-order chi connectivity index (χ1) is 14.7. The minimum Gasteiger partial charge on any atom is -0.406 e. The van der Waals surface area contributed by atoms with E-state index in [9.17, 15) is 18.0 Å². The summed E-state index contributed by atoms with van der Waals surface area (Å²) in [6, 6.07) is 14.0. The standard InChI is InChI=1S/C22H17ClF3N3O2/c23-16-11-18(27)19(28-12-16)13-1-5-15(6-2-13)21(9-10-21)29-20(30)14-3-7-17(8-4-14)31-22(24,25)26/h1-8,11-12H,9-10,27H2,(H,29,30). The number of nitrogens with one attached hydrogen (secondary N) is 1. The van der Waals surface area contributed by atoms with Crippen molar-refractivity contribution in [3.63, 3.8) is 0 Å². The molecule has 0 atom stereocenters. The van der Waals surface area contributed by atoms with Crippen LogP contribution < -0.4 is 15.8 Å². The van der Waals surface area contributed by atoms with Crippen LogP contribution in [0, 0.1) is 0 Å². The van der Waals surface area contributed by atoms with Gasteiger partial charge in [-0.2, -0.15) is 0 Å². The molecule has 0 radical (unpaired) electrons. The van der Waals surface area contributed by atoms with Gasteiger partial charge in [0.2, 0.25) is 0 Å². The van der Waals surface area contributed by atoms with Crippen molar-refractivity contribution in [1.82, 2.24) is 10.3 Å². The lowest BCUT2D eigenvalue weighted by atomic mass is 10.0. The lowest BCUT2D eigenvalue weighted by molar-refractivity contribution is -0.274. The summed E-state index contributed by atoms with van der Waals surface area (Å²) in [6.45, 7) is 0. The van der Waals surface area contributed by atoms with E-state index in [0.29, 0.717) is 16.4 Å². The van der Waals surface area contributed by atoms with E-state index in [0.717, 1.165) is 36.1 Å². The summed E-state index contributed by atoms with van der Waals surface area (Å²) in [5.74, 6) is -0.750. The van der Waals surface area contributed by atoms with Gasteiger partial charge in [0.25, 0.3) is 5.91 Å². The fraction of sp³-hybridized carbons (Fsp3) is 0.182. The highest BCUT2D eigenvalue weighted by atomic mass is 35.5. The maximum atomic E-state index is 12.6. The Morgan fingerprint density at radius 3 is 2.29 bits per heavy atom. The number of pyridine rings is 1. The van der Waals surface area contributed by atoms with Gasteiger partial charge in [0.15, 0.2) is 0 Å². The lowest BCUT2D eigenvalue weighted by Gasteiger charge is -2.19. The predicted octanol–water partition coefficient (Wildman–Crippen LogP) is 5.30. The Labute approximate surface area is 181 Å². The highest BCUT2D eigenvalue weighted by Crippen LogP contribution is 2.46. The number of hydrogen-bond donors (Lipinski definition) is 2. The number of carbonyl (C=O) groups excluding carboxylic acids is 1. The van der Waals surface area contributed by atoms with E-state index < -0.39 is 11.9 Å². The van der Waals surface area contributed by atoms with Gasteiger partial charge in [-0.05, 0) is 48.7 Å². The highest BCUT2D eigenvalue weighted by Gasteiger charge is 2.45. The smallest absolute Gasteiger partial charge is 0.406 e. The number of amides is 1. The van der Waals surface area contributed by atoms with Crippen molar-refractivity contribution >= 4 is 23.2 Å². The van der Waals surface area contributed by atoms with Crippen LogP contribution in [0.15, 0.2) is 60.8 Å². The molecule has 0 spiro atoms. The monoisotopic (exact) mass is 447 g/mol. The minimum absolute atomic E-state index is 0.246. The molecule has 160 valence electrons. The normalized spacial score (nSPS) is 14.7. The van der Waals surface area contributed by atoms with Crippen molar-refractivity contribution in [1.29, 1.82) is 0 Å². The number of anilines is 1. The Morgan fingerprint density at radius 2 is 1.74 bits per heavy atom. The lowest BCUT2D eigenvalue weighted by Crippen LogP contribution is -2.34. The van der Waals surface area contributed by atoms with Crippen molar-refractivity contribution in [2.45, 2.75) is 24.7 Å². The SMILES string of the molecule is Nc1cc(Cl)cnc1-c1ccc(C2(NC(=O)c3ccc(OC(F)(F)F)cc3)CC2)cc1. The number of aromatic nitrogens is 1. The molecule has 9 heteroatoms. The largest absolute Gasteiger partial charge is 0.573 e. The average molecular weight is 448 g/mol. The Morgan fingerprint density at radius 1 is 1.10 bits per heavy atom. The highest BCUT2D eigenvalue weighted by molar-refractivity contribution is 6.30. The summed E-state index contributed by atoms with van der Waals surface area (Å²) in [7, 11) is 0. The Bertz CT molecular complexity index is 1110. The number of halogens is 4. The zero-order valence-electron chi connectivity index (χ0n) is 16.0. The number of ether oxygens (including phenoxy) is 1. The van der Waals surface area contributed by atoms with Crippen LogP contribution in [0.25, 0.3) is 11.3 Å². The molecule has 4 rings (SSSR count). The third-order valence-corrected chi connectivity index (χ3v) is 5.25. The zero-order valence-corrected chi connectivity index (χ0v) is 16.8. The number of nitrogens with two attached hydrogens (primary N) is 1. The van der Waals surface area contributed by atoms with Gasteiger partial charge in [0, 0.05) is 17.3 Å². The molecule has 1 saturated carbocycles. The molecule has 3 aromatic rings. The van der Waals surface area contributed by atoms with Crippen molar-refractivity contribution in [2.75, 3.05) is 5.73 Å². The van der Waals surface area contributed by atoms with Gasteiger partial charge >= 0.3 is 6.36 Å². The van der Waals surface area contributed by atoms with Gasteiger partial charge in [0.1, 0.15) is 5.75 Å². The quantitative estimate of drug-likeness (QED) is 0.556. The Balaban J connectivity index is 1.47. The summed E-state index contributed by atoms with van der Waals surface area (Å²) in [6.07, 6.45) is -1.74. The molecule has 0 saturated heterocycles. The number of rotatable bonds is 5. The third kappa shape index (κ3) is 4.74. The van der Waals surface area contributed by atoms with E-state index in [1.807, 2.05) is 24.3 Å². The molecule has 1 fully saturated rings. The van der Waals surface area contributed by atoms with Gasteiger partial charge in [-0.15, -0.1) is 13.2 Å². The van der Waals surface area contributed by atoms with Crippen LogP contribution >= 0.6 is 11.6 Å². The van der Waals surface area contributed by atoms with E-state index in [2.05, 4.69) is 15.0 Å². The van der Waals surface area contributed by atoms with E-state index in [1.54, 1.807) is 6.07 Å². The number of nitrogens with zero attached hydrogens (tertiary/aromatic N) is 1. The second kappa shape index (κ2) is 7.77. The van der Waals surface area contributed by atoms with Crippen LogP contribution in [0.1, 0.15) is 28.8 Å². The molecule has 5 nitrogen and oxygen atoms in total. The number of carbonyl (C=O) groups is 1. The van der Waals surface area contributed by atoms with Gasteiger partial charge in [-0.25, -0.2) is 0 Å². The second-order valence-electron chi connectivity index (χ2n) is 7.28. The summed E-state index contributed by atoms with van der Waals surface area (Å²) >= 11 is 5.89. The summed E-state index contributed by atoms with van der Waals surface area (Å²) in [5, 5.41) is 3.44. The Hall–Kier alpha value is -3.26. The van der Waals surface area contributed by atoms with Crippen LogP contribution in [0.5, 0.6) is 5.75 Å². The molecule has 3 N–H and O–H groups in total. The Kier molecular flexibility index (Phi) is 5.26. The van der Waals surface area contributed by atoms with Gasteiger partial charge in [0.05, 0.1) is 21.9 Å². The number of hydrogen-bond acceptors (Lipinski definition) is 4. The van der Waals surface area contributed by atoms with Gasteiger partial charge in [-0.3, -0.25) is 9.78 Å². The molecule has 1 aromatic heterocycles. The summed E-state index contributed by atoms with van der Waals surface area (Å²) in [4.78, 5) is 16.9. The predicted molar refractivity (Wildman–Crippen MR) is 111 cm³/mol. The van der Waals surface area contributed by atoms with Gasteiger partial charge in [-0.1, -0.05) is 35.9 Å². The molecule has 31 heavy (non-hydrogen) atoms. The van der Waals surface area contributed by atoms with Crippen LogP contribution in [0.4, 0.5) is 18.9 Å². The molecule has 1 aliphatic rings. The maximum absolute atomic E-state index is 12.6. The van der Waals surface area contributed by atoms with Gasteiger partial charge < -0.3 is 15.8 Å². The molecule has 1 amide bonds. The molecular weight excluding hydrogens is 431 g/mol. The first-order valence-corrected chi connectivity index (χ1v) is 9.73. The number of benzene rings is 2. The first-order valence-electron chi connectivity index (χ1n) is 9.35. The zero-order chi connectivity index (χ0) is 22.2. The topological polar surface area (TPSA) is 77.2 Å². The molecule has 0 bridgehead atoms. The minimum atomic E-state index is -4.78. The van der Waals surface area contributed by atoms with E-state index in [1.165, 1.54) is 18.3 Å². The van der Waals surface area contributed by atoms with Crippen molar-refractivity contribution in [3.05, 3.63) is 76.9 Å². The molecular formula is C22H17ClF3N3O2. The number of alkyl halides is 3. The van der Waals surface area contributed by atoms with Crippen LogP contribution in [0.2, 0.25) is 5.02 Å². The van der Waals surface area contributed by atoms with E-state index in [4.69, 9.17) is 17.3 Å². The average Bonchev–Trinajstić information content (AvgIpc) is 3.48. The second-order valence-corrected chi connectivity index (χ2v) is 7.71. The first kappa shape index (κ1) is 21.0. The molecule has 2 aromatic carbocycles. The molecule has 1 aliphatic carbocycles. The molecule has 1 heterocycles. The van der Waals surface area contributed by atoms with Crippen LogP contribution in [-0.4, -0.2) is 17.3 Å². The number of nitrogen functional groups attached to an aromatic ring is 1. The third-order valence-electron chi connectivity index (χ3n) is 5.05. The fourth-order valence-electron chi connectivity index (χ4n) is 3.35. The summed E-state index contributed by atoms with van der Waals surface area (Å²) in [5.41, 5.74) is 8.56. The van der Waals surface area contributed by atoms with Crippen LogP contribution in [0.3, 0.4) is 0 Å². The molecule has 0 unspecified atom stereocenters. The van der Waals surface area contributed by atoms with Crippen molar-refractivity contribution < 1.29 is 22.7 Å². The van der Waals surface area contributed by atoms with Crippen molar-refractivity contribution in [2.24, 2.45) is 0 Å². The molecule has 0 aliphatic heterocycles. The fourth-order valence-corrected chi connectivity index (χ4v) is 3.52. The summed E-state index contributed by atoms with van der Waals surface area (Å²) < 4.78 is 40.7. The maximum Gasteiger partial charge on any atom is 0.573 e. The van der Waals surface area contributed by atoms with E-state index >= 15 is 0 Å². The van der Waals surface area contributed by atoms with Crippen LogP contribution in [-0.2, 0) is 5.54 Å². The van der Waals surface area contributed by atoms with E-state index in [-0.39, 0.29) is 17.2 Å².